The Hall–Kier alpha value is 0.440. The van der Waals surface area contributed by atoms with Crippen LogP contribution in [0, 0.1) is 20.1 Å². The second-order valence-corrected chi connectivity index (χ2v) is 20.1. The summed E-state index contributed by atoms with van der Waals surface area (Å²) in [7, 11) is -1.99. The predicted octanol–water partition coefficient (Wildman–Crippen LogP) is 8.60. The molecule has 42 heavy (non-hydrogen) atoms. The van der Waals surface area contributed by atoms with Crippen molar-refractivity contribution < 1.29 is 8.42 Å². The molecular formula is C30H44N2O2S8. The molecular weight excluding hydrogens is 677 g/mol. The van der Waals surface area contributed by atoms with Crippen LogP contribution in [-0.4, -0.2) is 52.1 Å². The second-order valence-electron chi connectivity index (χ2n) is 12.8. The molecule has 2 aliphatic rings. The summed E-state index contributed by atoms with van der Waals surface area (Å²) in [4.78, 5) is 2.54. The average molecular weight is 721 g/mol. The highest BCUT2D eigenvalue weighted by Crippen LogP contribution is 2.41. The molecule has 234 valence electrons. The number of aromatic nitrogens is 2. The molecule has 0 bridgehead atoms. The van der Waals surface area contributed by atoms with Crippen LogP contribution in [0.3, 0.4) is 0 Å². The summed E-state index contributed by atoms with van der Waals surface area (Å²) in [6, 6.07) is 4.36. The zero-order valence-electron chi connectivity index (χ0n) is 25.3. The van der Waals surface area contributed by atoms with Gasteiger partial charge in [-0.05, 0) is 73.1 Å². The van der Waals surface area contributed by atoms with E-state index in [2.05, 4.69) is 55.9 Å². The lowest BCUT2D eigenvalue weighted by atomic mass is 9.82. The monoisotopic (exact) mass is 720 g/mol. The Morgan fingerprint density at radius 3 is 1.95 bits per heavy atom. The molecule has 0 saturated heterocycles. The van der Waals surface area contributed by atoms with Gasteiger partial charge in [0.2, 0.25) is 0 Å². The molecule has 2 aliphatic heterocycles. The number of fused-ring (bicyclic) bond motifs is 2. The summed E-state index contributed by atoms with van der Waals surface area (Å²) in [5, 5.41) is 1.98. The van der Waals surface area contributed by atoms with Crippen LogP contribution in [0.5, 0.6) is 0 Å². The van der Waals surface area contributed by atoms with E-state index in [-0.39, 0.29) is 16.9 Å². The summed E-state index contributed by atoms with van der Waals surface area (Å²) < 4.78 is 31.8. The van der Waals surface area contributed by atoms with Crippen LogP contribution < -0.4 is 0 Å². The first-order valence-electron chi connectivity index (χ1n) is 14.6. The zero-order valence-corrected chi connectivity index (χ0v) is 32.0. The molecule has 0 aromatic carbocycles. The number of pyridine rings is 2. The van der Waals surface area contributed by atoms with Crippen molar-refractivity contribution in [2.24, 2.45) is 10.8 Å². The third-order valence-corrected chi connectivity index (χ3v) is 15.6. The Morgan fingerprint density at radius 2 is 1.36 bits per heavy atom. The topological polar surface area (TPSA) is 44.0 Å². The van der Waals surface area contributed by atoms with Gasteiger partial charge in [0.25, 0.3) is 0 Å². The first-order valence-corrected chi connectivity index (χ1v) is 21.2. The average Bonchev–Trinajstić information content (AvgIpc) is 3.59. The van der Waals surface area contributed by atoms with Gasteiger partial charge in [0.1, 0.15) is 9.28 Å². The van der Waals surface area contributed by atoms with Crippen molar-refractivity contribution in [2.75, 3.05) is 34.5 Å². The predicted molar refractivity (Wildman–Crippen MR) is 196 cm³/mol. The van der Waals surface area contributed by atoms with Crippen LogP contribution in [0.2, 0.25) is 0 Å². The maximum atomic E-state index is 13.0. The molecule has 0 radical (unpaired) electrons. The van der Waals surface area contributed by atoms with Crippen molar-refractivity contribution in [3.05, 3.63) is 32.5 Å². The standard InChI is InChI=1S/C30H44N2O2S8/c1-20(32-26(36)19-24-22(28(32)38)7-13-40-24)30(4,5)10-15-42(34)17-16-41(33)14-9-29(2,3)8-11-31-25(35)18-23-21(27(31)37)6-12-39-23/h18-20,37-38H,6-17H2,1-5H3. The number of hydrogen-bond acceptors (Lipinski definition) is 8. The minimum atomic E-state index is -1.00. The van der Waals surface area contributed by atoms with Crippen molar-refractivity contribution in [3.8, 4) is 0 Å². The van der Waals surface area contributed by atoms with E-state index in [0.717, 1.165) is 69.5 Å². The summed E-state index contributed by atoms with van der Waals surface area (Å²) in [5.41, 5.74) is 2.54. The number of thioether (sulfide) groups is 2. The van der Waals surface area contributed by atoms with E-state index in [0.29, 0.717) is 23.0 Å². The zero-order chi connectivity index (χ0) is 30.8. The summed E-state index contributed by atoms with van der Waals surface area (Å²) in [5.74, 6) is 4.38. The normalized spacial score (nSPS) is 17.2. The lowest BCUT2D eigenvalue weighted by Crippen LogP contribution is -2.29. The van der Waals surface area contributed by atoms with Crippen molar-refractivity contribution >= 4 is 94.8 Å². The van der Waals surface area contributed by atoms with Gasteiger partial charge in [-0.25, -0.2) is 0 Å². The molecule has 0 fully saturated rings. The molecule has 0 amide bonds. The number of thiol groups is 2. The van der Waals surface area contributed by atoms with Crippen molar-refractivity contribution in [1.82, 2.24) is 9.13 Å². The molecule has 0 saturated carbocycles. The lowest BCUT2D eigenvalue weighted by Gasteiger charge is -2.35. The van der Waals surface area contributed by atoms with Crippen LogP contribution in [0.25, 0.3) is 0 Å². The molecule has 4 nitrogen and oxygen atoms in total. The molecule has 12 heteroatoms. The summed E-state index contributed by atoms with van der Waals surface area (Å²) in [6.07, 6.45) is 4.68. The van der Waals surface area contributed by atoms with E-state index in [1.807, 2.05) is 23.5 Å². The fourth-order valence-corrected chi connectivity index (χ4v) is 13.1. The van der Waals surface area contributed by atoms with Crippen LogP contribution in [0.1, 0.15) is 71.0 Å². The number of hydrogen-bond donors (Lipinski definition) is 2. The van der Waals surface area contributed by atoms with Gasteiger partial charge in [0.05, 0.1) is 10.1 Å². The maximum absolute atomic E-state index is 13.0. The van der Waals surface area contributed by atoms with Gasteiger partial charge in [-0.1, -0.05) is 52.1 Å². The first-order chi connectivity index (χ1) is 19.7. The van der Waals surface area contributed by atoms with Gasteiger partial charge in [-0.3, -0.25) is 8.42 Å². The Bertz CT molecular complexity index is 1480. The molecule has 4 heterocycles. The Morgan fingerprint density at radius 1 is 0.833 bits per heavy atom. The minimum Gasteiger partial charge on any atom is -0.327 e. The van der Waals surface area contributed by atoms with Gasteiger partial charge >= 0.3 is 0 Å². The molecule has 4 rings (SSSR count). The molecule has 0 aliphatic carbocycles. The van der Waals surface area contributed by atoms with E-state index < -0.39 is 21.6 Å². The SMILES string of the molecule is CC(n1c(S)c2c(cc1=S)SCC2)C(C)(C)CCS(=O)CCS(=O)CCC(C)(C)CCn1c(S)c2c(cc1=S)SCC2. The molecule has 2 aromatic heterocycles. The largest absolute Gasteiger partial charge is 0.327 e. The Balaban J connectivity index is 1.22. The van der Waals surface area contributed by atoms with Crippen LogP contribution in [-0.2, 0) is 41.0 Å². The molecule has 2 aromatic rings. The van der Waals surface area contributed by atoms with Crippen LogP contribution >= 0.6 is 73.2 Å². The number of rotatable bonds is 14. The smallest absolute Gasteiger partial charge is 0.108 e. The van der Waals surface area contributed by atoms with E-state index in [9.17, 15) is 8.42 Å². The fourth-order valence-electron chi connectivity index (χ4n) is 5.38. The maximum Gasteiger partial charge on any atom is 0.108 e. The molecule has 0 spiro atoms. The van der Waals surface area contributed by atoms with Gasteiger partial charge in [-0.2, -0.15) is 0 Å². The van der Waals surface area contributed by atoms with E-state index in [1.165, 1.54) is 20.9 Å². The van der Waals surface area contributed by atoms with Crippen LogP contribution in [0.4, 0.5) is 0 Å². The molecule has 3 unspecified atom stereocenters. The number of nitrogens with zero attached hydrogens (tertiary/aromatic N) is 2. The van der Waals surface area contributed by atoms with E-state index in [4.69, 9.17) is 49.7 Å². The third kappa shape index (κ3) is 8.62. The van der Waals surface area contributed by atoms with E-state index in [1.54, 1.807) is 0 Å². The molecule has 3 atom stereocenters. The Labute approximate surface area is 287 Å². The van der Waals surface area contributed by atoms with Crippen molar-refractivity contribution in [3.63, 3.8) is 0 Å². The third-order valence-electron chi connectivity index (χ3n) is 8.90. The van der Waals surface area contributed by atoms with Gasteiger partial charge in [0, 0.05) is 78.5 Å². The van der Waals surface area contributed by atoms with Gasteiger partial charge in [0.15, 0.2) is 0 Å². The van der Waals surface area contributed by atoms with Gasteiger partial charge < -0.3 is 9.13 Å². The first kappa shape index (κ1) is 35.3. The lowest BCUT2D eigenvalue weighted by molar-refractivity contribution is 0.213. The highest BCUT2D eigenvalue weighted by molar-refractivity contribution is 8.00. The Kier molecular flexibility index (Phi) is 12.5. The van der Waals surface area contributed by atoms with Crippen molar-refractivity contribution in [2.45, 2.75) is 99.2 Å². The summed E-state index contributed by atoms with van der Waals surface area (Å²) >= 11 is 24.8. The van der Waals surface area contributed by atoms with Gasteiger partial charge in [-0.15, -0.1) is 48.8 Å². The second kappa shape index (κ2) is 14.9. The summed E-state index contributed by atoms with van der Waals surface area (Å²) in [6.45, 7) is 11.9. The van der Waals surface area contributed by atoms with Crippen LogP contribution in [0.15, 0.2) is 32.0 Å². The minimum absolute atomic E-state index is 0.0288. The quantitative estimate of drug-likeness (QED) is 0.151. The van der Waals surface area contributed by atoms with Crippen molar-refractivity contribution in [1.29, 1.82) is 0 Å². The highest BCUT2D eigenvalue weighted by atomic mass is 32.2. The van der Waals surface area contributed by atoms with E-state index >= 15 is 0 Å². The highest BCUT2D eigenvalue weighted by Gasteiger charge is 2.31. The fraction of sp³-hybridized carbons (Fsp3) is 0.667. The molecule has 0 N–H and O–H groups in total.